The molecule has 104 valence electrons. The summed E-state index contributed by atoms with van der Waals surface area (Å²) in [6.45, 7) is 4.40. The van der Waals surface area contributed by atoms with E-state index < -0.39 is 0 Å². The second-order valence-corrected chi connectivity index (χ2v) is 5.61. The van der Waals surface area contributed by atoms with Crippen LogP contribution < -0.4 is 11.1 Å². The van der Waals surface area contributed by atoms with Crippen LogP contribution in [-0.4, -0.2) is 5.91 Å². The number of anilines is 1. The minimum atomic E-state index is 0.0872. The fourth-order valence-electron chi connectivity index (χ4n) is 2.77. The van der Waals surface area contributed by atoms with E-state index >= 15 is 0 Å². The maximum absolute atomic E-state index is 11.5. The molecule has 0 fully saturated rings. The number of carbonyl (C=O) groups is 1. The number of carbonyl (C=O) groups excluding carboxylic acids is 1. The molecule has 1 aliphatic heterocycles. The maximum Gasteiger partial charge on any atom is 0.224 e. The van der Waals surface area contributed by atoms with E-state index in [1.165, 1.54) is 11.1 Å². The summed E-state index contributed by atoms with van der Waals surface area (Å²) in [5.74, 6) is 0.610. The average Bonchev–Trinajstić information content (AvgIpc) is 2.58. The molecule has 0 saturated carbocycles. The zero-order chi connectivity index (χ0) is 13.8. The normalized spacial score (nSPS) is 18.2. The molecular formula is C16H24N2O. The highest BCUT2D eigenvalue weighted by atomic mass is 16.1. The Morgan fingerprint density at radius 1 is 1.37 bits per heavy atom. The SMILES string of the molecule is CCCC(C)C(N)c1ccc2c(c1)CCCC(=O)N2. The van der Waals surface area contributed by atoms with Crippen LogP contribution in [-0.2, 0) is 11.2 Å². The highest BCUT2D eigenvalue weighted by molar-refractivity contribution is 5.92. The van der Waals surface area contributed by atoms with Gasteiger partial charge in [0.05, 0.1) is 0 Å². The van der Waals surface area contributed by atoms with Gasteiger partial charge < -0.3 is 11.1 Å². The Labute approximate surface area is 115 Å². The topological polar surface area (TPSA) is 55.1 Å². The van der Waals surface area contributed by atoms with Gasteiger partial charge in [0.15, 0.2) is 0 Å². The first-order chi connectivity index (χ1) is 9.11. The Hall–Kier alpha value is -1.35. The van der Waals surface area contributed by atoms with Crippen LogP contribution in [0.4, 0.5) is 5.69 Å². The van der Waals surface area contributed by atoms with Crippen LogP contribution >= 0.6 is 0 Å². The third-order valence-corrected chi connectivity index (χ3v) is 4.00. The molecule has 1 aliphatic rings. The molecule has 0 aromatic heterocycles. The lowest BCUT2D eigenvalue weighted by Gasteiger charge is -2.21. The van der Waals surface area contributed by atoms with E-state index in [0.717, 1.165) is 31.4 Å². The number of hydrogen-bond donors (Lipinski definition) is 2. The lowest BCUT2D eigenvalue weighted by Crippen LogP contribution is -2.19. The van der Waals surface area contributed by atoms with E-state index in [4.69, 9.17) is 5.73 Å². The maximum atomic E-state index is 11.5. The predicted octanol–water partition coefficient (Wildman–Crippen LogP) is 3.40. The lowest BCUT2D eigenvalue weighted by atomic mass is 9.90. The summed E-state index contributed by atoms with van der Waals surface area (Å²) in [6, 6.07) is 6.33. The second-order valence-electron chi connectivity index (χ2n) is 5.61. The smallest absolute Gasteiger partial charge is 0.224 e. The van der Waals surface area contributed by atoms with E-state index in [0.29, 0.717) is 12.3 Å². The zero-order valence-corrected chi connectivity index (χ0v) is 11.9. The van der Waals surface area contributed by atoms with Crippen LogP contribution in [0.3, 0.4) is 0 Å². The van der Waals surface area contributed by atoms with Crippen molar-refractivity contribution >= 4 is 11.6 Å². The van der Waals surface area contributed by atoms with Crippen LogP contribution in [0.15, 0.2) is 18.2 Å². The standard InChI is InChI=1S/C16H24N2O/c1-3-5-11(2)16(17)13-8-9-14-12(10-13)6-4-7-15(19)18-14/h8-11,16H,3-7,17H2,1-2H3,(H,18,19). The number of rotatable bonds is 4. The average molecular weight is 260 g/mol. The third-order valence-electron chi connectivity index (χ3n) is 4.00. The van der Waals surface area contributed by atoms with Gasteiger partial charge >= 0.3 is 0 Å². The van der Waals surface area contributed by atoms with Gasteiger partial charge in [0, 0.05) is 18.2 Å². The van der Waals surface area contributed by atoms with E-state index in [-0.39, 0.29) is 11.9 Å². The molecule has 3 N–H and O–H groups in total. The van der Waals surface area contributed by atoms with Gasteiger partial charge in [-0.15, -0.1) is 0 Å². The molecule has 0 aliphatic carbocycles. The molecule has 1 aromatic rings. The summed E-state index contributed by atoms with van der Waals surface area (Å²) < 4.78 is 0. The summed E-state index contributed by atoms with van der Waals surface area (Å²) in [6.07, 6.45) is 4.80. The lowest BCUT2D eigenvalue weighted by molar-refractivity contribution is -0.116. The van der Waals surface area contributed by atoms with Gasteiger partial charge in [-0.2, -0.15) is 0 Å². The molecule has 1 amide bonds. The van der Waals surface area contributed by atoms with Crippen LogP contribution in [0.2, 0.25) is 0 Å². The van der Waals surface area contributed by atoms with Crippen molar-refractivity contribution in [2.24, 2.45) is 11.7 Å². The van der Waals surface area contributed by atoms with Crippen molar-refractivity contribution in [1.82, 2.24) is 0 Å². The molecule has 1 heterocycles. The predicted molar refractivity (Wildman–Crippen MR) is 79.0 cm³/mol. The Kier molecular flexibility index (Phi) is 4.59. The molecular weight excluding hydrogens is 236 g/mol. The number of benzene rings is 1. The highest BCUT2D eigenvalue weighted by Crippen LogP contribution is 2.29. The number of aryl methyl sites for hydroxylation is 1. The largest absolute Gasteiger partial charge is 0.326 e. The van der Waals surface area contributed by atoms with Gasteiger partial charge in [-0.1, -0.05) is 32.4 Å². The molecule has 3 nitrogen and oxygen atoms in total. The molecule has 2 atom stereocenters. The molecule has 1 aromatic carbocycles. The number of hydrogen-bond acceptors (Lipinski definition) is 2. The van der Waals surface area contributed by atoms with Crippen molar-refractivity contribution in [2.75, 3.05) is 5.32 Å². The highest BCUT2D eigenvalue weighted by Gasteiger charge is 2.17. The first-order valence-corrected chi connectivity index (χ1v) is 7.30. The molecule has 2 unspecified atom stereocenters. The van der Waals surface area contributed by atoms with E-state index in [1.54, 1.807) is 0 Å². The number of amides is 1. The second kappa shape index (κ2) is 6.20. The minimum Gasteiger partial charge on any atom is -0.326 e. The number of nitrogens with one attached hydrogen (secondary N) is 1. The first-order valence-electron chi connectivity index (χ1n) is 7.30. The minimum absolute atomic E-state index is 0.0872. The van der Waals surface area contributed by atoms with Gasteiger partial charge in [-0.05, 0) is 42.4 Å². The van der Waals surface area contributed by atoms with E-state index in [9.17, 15) is 4.79 Å². The van der Waals surface area contributed by atoms with E-state index in [2.05, 4.69) is 31.3 Å². The van der Waals surface area contributed by atoms with Gasteiger partial charge in [0.25, 0.3) is 0 Å². The van der Waals surface area contributed by atoms with Gasteiger partial charge in [-0.25, -0.2) is 0 Å². The molecule has 0 saturated heterocycles. The summed E-state index contributed by atoms with van der Waals surface area (Å²) in [5, 5.41) is 2.96. The van der Waals surface area contributed by atoms with Crippen molar-refractivity contribution in [3.05, 3.63) is 29.3 Å². The first kappa shape index (κ1) is 14.1. The third kappa shape index (κ3) is 3.35. The fraction of sp³-hybridized carbons (Fsp3) is 0.562. The zero-order valence-electron chi connectivity index (χ0n) is 11.9. The Balaban J connectivity index is 2.20. The fourth-order valence-corrected chi connectivity index (χ4v) is 2.77. The van der Waals surface area contributed by atoms with Crippen LogP contribution in [0, 0.1) is 5.92 Å². The van der Waals surface area contributed by atoms with E-state index in [1.807, 2.05) is 6.07 Å². The summed E-state index contributed by atoms with van der Waals surface area (Å²) in [5.41, 5.74) is 9.71. The Morgan fingerprint density at radius 2 is 2.16 bits per heavy atom. The quantitative estimate of drug-likeness (QED) is 0.871. The van der Waals surface area contributed by atoms with Crippen LogP contribution in [0.25, 0.3) is 0 Å². The monoisotopic (exact) mass is 260 g/mol. The van der Waals surface area contributed by atoms with Gasteiger partial charge in [0.2, 0.25) is 5.91 Å². The molecule has 3 heteroatoms. The van der Waals surface area contributed by atoms with Crippen molar-refractivity contribution in [2.45, 2.75) is 52.0 Å². The van der Waals surface area contributed by atoms with Crippen molar-refractivity contribution in [3.8, 4) is 0 Å². The summed E-state index contributed by atoms with van der Waals surface area (Å²) in [7, 11) is 0. The Bertz CT molecular complexity index is 456. The van der Waals surface area contributed by atoms with Crippen LogP contribution in [0.1, 0.15) is 56.7 Å². The molecule has 19 heavy (non-hydrogen) atoms. The number of fused-ring (bicyclic) bond motifs is 1. The molecule has 0 radical (unpaired) electrons. The molecule has 0 spiro atoms. The van der Waals surface area contributed by atoms with Crippen molar-refractivity contribution in [1.29, 1.82) is 0 Å². The molecule has 0 bridgehead atoms. The van der Waals surface area contributed by atoms with Gasteiger partial charge in [-0.3, -0.25) is 4.79 Å². The summed E-state index contributed by atoms with van der Waals surface area (Å²) >= 11 is 0. The van der Waals surface area contributed by atoms with Crippen LogP contribution in [0.5, 0.6) is 0 Å². The van der Waals surface area contributed by atoms with Crippen molar-refractivity contribution in [3.63, 3.8) is 0 Å². The van der Waals surface area contributed by atoms with Crippen molar-refractivity contribution < 1.29 is 4.79 Å². The number of nitrogens with two attached hydrogens (primary N) is 1. The summed E-state index contributed by atoms with van der Waals surface area (Å²) in [4.78, 5) is 11.5. The van der Waals surface area contributed by atoms with Gasteiger partial charge in [0.1, 0.15) is 0 Å². The Morgan fingerprint density at radius 3 is 2.89 bits per heavy atom. The molecule has 2 rings (SSSR count).